The number of benzene rings is 2. The van der Waals surface area contributed by atoms with Gasteiger partial charge in [0.1, 0.15) is 5.69 Å². The van der Waals surface area contributed by atoms with Gasteiger partial charge in [-0.25, -0.2) is 0 Å². The quantitative estimate of drug-likeness (QED) is 0.374. The van der Waals surface area contributed by atoms with Crippen LogP contribution in [0.1, 0.15) is 16.7 Å². The van der Waals surface area contributed by atoms with E-state index in [0.29, 0.717) is 11.5 Å². The van der Waals surface area contributed by atoms with Crippen molar-refractivity contribution < 1.29 is 14.1 Å². The van der Waals surface area contributed by atoms with Crippen LogP contribution in [0, 0.1) is 30.9 Å². The zero-order valence-electron chi connectivity index (χ0n) is 15.6. The van der Waals surface area contributed by atoms with Crippen molar-refractivity contribution in [2.45, 2.75) is 26.0 Å². The maximum Gasteiger partial charge on any atom is 0.293 e. The van der Waals surface area contributed by atoms with Gasteiger partial charge in [-0.05, 0) is 44.0 Å². The van der Waals surface area contributed by atoms with Crippen LogP contribution in [0.15, 0.2) is 46.0 Å². The van der Waals surface area contributed by atoms with E-state index in [0.717, 1.165) is 28.5 Å². The summed E-state index contributed by atoms with van der Waals surface area (Å²) in [5.74, 6) is -0.0353. The van der Waals surface area contributed by atoms with Gasteiger partial charge < -0.3 is 9.73 Å². The summed E-state index contributed by atoms with van der Waals surface area (Å²) in [6.45, 7) is 5.45. The van der Waals surface area contributed by atoms with E-state index in [4.69, 9.17) is 4.42 Å². The minimum Gasteiger partial charge on any atom is -0.411 e. The highest BCUT2D eigenvalue weighted by Crippen LogP contribution is 2.30. The summed E-state index contributed by atoms with van der Waals surface area (Å²) in [6, 6.07) is 10.9. The summed E-state index contributed by atoms with van der Waals surface area (Å²) in [4.78, 5) is 23.0. The minimum absolute atomic E-state index is 0.0140. The van der Waals surface area contributed by atoms with Gasteiger partial charge in [0, 0.05) is 11.6 Å². The van der Waals surface area contributed by atoms with Crippen molar-refractivity contribution in [1.29, 1.82) is 0 Å². The highest BCUT2D eigenvalue weighted by atomic mass is 32.2. The number of nitrogens with one attached hydrogen (secondary N) is 1. The molecular weight excluding hydrogens is 380 g/mol. The normalized spacial score (nSPS) is 10.7. The van der Waals surface area contributed by atoms with Gasteiger partial charge in [-0.1, -0.05) is 35.5 Å². The first-order valence-electron chi connectivity index (χ1n) is 8.42. The number of rotatable bonds is 6. The summed E-state index contributed by atoms with van der Waals surface area (Å²) >= 11 is 1.07. The predicted octanol–water partition coefficient (Wildman–Crippen LogP) is 4.30. The van der Waals surface area contributed by atoms with Crippen LogP contribution in [0.2, 0.25) is 0 Å². The molecule has 0 unspecified atom stereocenters. The molecule has 0 atom stereocenters. The fourth-order valence-corrected chi connectivity index (χ4v) is 3.28. The van der Waals surface area contributed by atoms with Gasteiger partial charge in [-0.3, -0.25) is 14.9 Å². The molecule has 3 rings (SSSR count). The lowest BCUT2D eigenvalue weighted by atomic mass is 10.1. The van der Waals surface area contributed by atoms with Crippen LogP contribution < -0.4 is 5.32 Å². The molecule has 0 aliphatic carbocycles. The average molecular weight is 398 g/mol. The summed E-state index contributed by atoms with van der Waals surface area (Å²) in [5.41, 5.74) is 3.33. The maximum atomic E-state index is 12.3. The van der Waals surface area contributed by atoms with Crippen molar-refractivity contribution in [3.63, 3.8) is 0 Å². The Labute approximate surface area is 165 Å². The highest BCUT2D eigenvalue weighted by molar-refractivity contribution is 7.99. The Kier molecular flexibility index (Phi) is 5.74. The largest absolute Gasteiger partial charge is 0.411 e. The molecule has 1 amide bonds. The first kappa shape index (κ1) is 19.6. The number of hydrogen-bond acceptors (Lipinski definition) is 7. The van der Waals surface area contributed by atoms with Crippen LogP contribution in [-0.2, 0) is 4.79 Å². The van der Waals surface area contributed by atoms with Gasteiger partial charge in [0.2, 0.25) is 11.8 Å². The van der Waals surface area contributed by atoms with Gasteiger partial charge in [-0.15, -0.1) is 10.2 Å². The summed E-state index contributed by atoms with van der Waals surface area (Å²) in [6.07, 6.45) is 0. The van der Waals surface area contributed by atoms with E-state index in [1.807, 2.05) is 31.2 Å². The Bertz CT molecular complexity index is 1050. The van der Waals surface area contributed by atoms with Crippen LogP contribution in [0.4, 0.5) is 11.4 Å². The Morgan fingerprint density at radius 3 is 2.68 bits per heavy atom. The van der Waals surface area contributed by atoms with E-state index < -0.39 is 10.8 Å². The molecule has 3 aromatic rings. The molecule has 9 heteroatoms. The van der Waals surface area contributed by atoms with Crippen LogP contribution >= 0.6 is 11.8 Å². The fourth-order valence-electron chi connectivity index (χ4n) is 2.72. The third-order valence-electron chi connectivity index (χ3n) is 3.92. The number of aromatic nitrogens is 2. The number of carbonyl (C=O) groups excluding carboxylic acids is 1. The molecule has 2 aromatic carbocycles. The number of nitro benzene ring substituents is 1. The first-order chi connectivity index (χ1) is 13.3. The lowest BCUT2D eigenvalue weighted by molar-refractivity contribution is -0.384. The van der Waals surface area contributed by atoms with Gasteiger partial charge in [0.05, 0.1) is 10.7 Å². The summed E-state index contributed by atoms with van der Waals surface area (Å²) in [5, 5.41) is 22.1. The molecule has 0 spiro atoms. The smallest absolute Gasteiger partial charge is 0.293 e. The molecule has 1 N–H and O–H groups in total. The molecule has 0 saturated carbocycles. The van der Waals surface area contributed by atoms with E-state index in [2.05, 4.69) is 15.5 Å². The number of nitro groups is 1. The van der Waals surface area contributed by atoms with Gasteiger partial charge >= 0.3 is 0 Å². The zero-order valence-corrected chi connectivity index (χ0v) is 16.4. The zero-order chi connectivity index (χ0) is 20.3. The number of thioether (sulfide) groups is 1. The van der Waals surface area contributed by atoms with E-state index >= 15 is 0 Å². The van der Waals surface area contributed by atoms with Gasteiger partial charge in [0.25, 0.3) is 10.9 Å². The number of aryl methyl sites for hydroxylation is 3. The molecule has 0 radical (unpaired) electrons. The van der Waals surface area contributed by atoms with Crippen LogP contribution in [0.25, 0.3) is 11.5 Å². The molecule has 28 heavy (non-hydrogen) atoms. The van der Waals surface area contributed by atoms with Crippen LogP contribution in [0.3, 0.4) is 0 Å². The van der Waals surface area contributed by atoms with Crippen LogP contribution in [-0.4, -0.2) is 26.8 Å². The molecule has 144 valence electrons. The summed E-state index contributed by atoms with van der Waals surface area (Å²) in [7, 11) is 0. The number of amides is 1. The third kappa shape index (κ3) is 4.55. The standard InChI is InChI=1S/C19H18N4O4S/c1-11-5-4-6-14(8-11)18-21-22-19(27-18)28-10-16(24)20-17-13(3)7-12(2)9-15(17)23(25)26/h4-9H,10H2,1-3H3,(H,20,24). The van der Waals surface area contributed by atoms with Crippen molar-refractivity contribution in [3.05, 3.63) is 63.2 Å². The number of hydrogen-bond donors (Lipinski definition) is 1. The van der Waals surface area contributed by atoms with Crippen molar-refractivity contribution >= 4 is 29.0 Å². The maximum absolute atomic E-state index is 12.3. The Morgan fingerprint density at radius 2 is 1.96 bits per heavy atom. The highest BCUT2D eigenvalue weighted by Gasteiger charge is 2.19. The van der Waals surface area contributed by atoms with Crippen molar-refractivity contribution in [2.75, 3.05) is 11.1 Å². The lowest BCUT2D eigenvalue weighted by Gasteiger charge is -2.09. The summed E-state index contributed by atoms with van der Waals surface area (Å²) < 4.78 is 5.58. The monoisotopic (exact) mass is 398 g/mol. The Hall–Kier alpha value is -3.20. The lowest BCUT2D eigenvalue weighted by Crippen LogP contribution is -2.16. The number of carbonyl (C=O) groups is 1. The predicted molar refractivity (Wildman–Crippen MR) is 106 cm³/mol. The Morgan fingerprint density at radius 1 is 1.18 bits per heavy atom. The van der Waals surface area contributed by atoms with Gasteiger partial charge in [-0.2, -0.15) is 0 Å². The molecule has 0 aliphatic rings. The molecule has 0 fully saturated rings. The molecule has 0 saturated heterocycles. The van der Waals surface area contributed by atoms with E-state index in [1.165, 1.54) is 6.07 Å². The topological polar surface area (TPSA) is 111 Å². The number of nitrogens with zero attached hydrogens (tertiary/aromatic N) is 3. The number of anilines is 1. The third-order valence-corrected chi connectivity index (χ3v) is 4.74. The SMILES string of the molecule is Cc1cccc(-c2nnc(SCC(=O)Nc3c(C)cc(C)cc3[N+](=O)[O-])o2)c1. The van der Waals surface area contributed by atoms with E-state index in [-0.39, 0.29) is 22.4 Å². The van der Waals surface area contributed by atoms with Crippen LogP contribution in [0.5, 0.6) is 0 Å². The molecule has 8 nitrogen and oxygen atoms in total. The first-order valence-corrected chi connectivity index (χ1v) is 9.41. The van der Waals surface area contributed by atoms with Gasteiger partial charge in [0.15, 0.2) is 0 Å². The second-order valence-corrected chi connectivity index (χ2v) is 7.24. The van der Waals surface area contributed by atoms with E-state index in [1.54, 1.807) is 19.9 Å². The molecular formula is C19H18N4O4S. The second kappa shape index (κ2) is 8.22. The molecule has 0 aliphatic heterocycles. The molecule has 1 aromatic heterocycles. The van der Waals surface area contributed by atoms with Crippen molar-refractivity contribution in [1.82, 2.24) is 10.2 Å². The minimum atomic E-state index is -0.505. The second-order valence-electron chi connectivity index (χ2n) is 6.31. The molecule has 0 bridgehead atoms. The fraction of sp³-hybridized carbons (Fsp3) is 0.211. The van der Waals surface area contributed by atoms with Crippen molar-refractivity contribution in [2.24, 2.45) is 0 Å². The van der Waals surface area contributed by atoms with E-state index in [9.17, 15) is 14.9 Å². The van der Waals surface area contributed by atoms with Crippen molar-refractivity contribution in [3.8, 4) is 11.5 Å². The average Bonchev–Trinajstić information content (AvgIpc) is 3.11. The Balaban J connectivity index is 1.67. The molecule has 1 heterocycles.